The minimum absolute atomic E-state index is 0.169. The highest BCUT2D eigenvalue weighted by Gasteiger charge is 2.33. The molecule has 78 valence electrons. The molecular weight excluding hydrogens is 191 g/mol. The number of alkyl halides is 3. The second-order valence-electron chi connectivity index (χ2n) is 3.10. The Balaban J connectivity index is 3.16. The van der Waals surface area contributed by atoms with Crippen molar-refractivity contribution in [3.63, 3.8) is 0 Å². The molecule has 0 aliphatic carbocycles. The Hall–Kier alpha value is -1.03. The molecule has 1 atom stereocenters. The third-order valence-electron chi connectivity index (χ3n) is 2.11. The lowest BCUT2D eigenvalue weighted by Crippen LogP contribution is -2.16. The predicted molar refractivity (Wildman–Crippen MR) is 48.7 cm³/mol. The number of hydrogen-bond donors (Lipinski definition) is 1. The number of halogens is 3. The second-order valence-corrected chi connectivity index (χ2v) is 3.10. The highest BCUT2D eigenvalue weighted by atomic mass is 19.4. The fraction of sp³-hybridized carbons (Fsp3) is 0.400. The Morgan fingerprint density at radius 2 is 1.86 bits per heavy atom. The van der Waals surface area contributed by atoms with E-state index < -0.39 is 17.8 Å². The van der Waals surface area contributed by atoms with Crippen LogP contribution in [0.4, 0.5) is 13.2 Å². The molecule has 0 saturated heterocycles. The van der Waals surface area contributed by atoms with Crippen molar-refractivity contribution in [3.05, 3.63) is 35.4 Å². The molecule has 0 aliphatic heterocycles. The average Bonchev–Trinajstić information content (AvgIpc) is 2.15. The van der Waals surface area contributed by atoms with E-state index in [1.54, 1.807) is 13.0 Å². The summed E-state index contributed by atoms with van der Waals surface area (Å²) in [6.45, 7) is 1.76. The van der Waals surface area contributed by atoms with Crippen molar-refractivity contribution in [2.24, 2.45) is 5.73 Å². The Kier molecular flexibility index (Phi) is 3.16. The first-order valence-electron chi connectivity index (χ1n) is 4.38. The van der Waals surface area contributed by atoms with E-state index in [1.807, 2.05) is 0 Å². The Labute approximate surface area is 80.7 Å². The van der Waals surface area contributed by atoms with Crippen LogP contribution >= 0.6 is 0 Å². The molecule has 4 heteroatoms. The fourth-order valence-electron chi connectivity index (χ4n) is 1.30. The molecule has 0 saturated carbocycles. The molecule has 14 heavy (non-hydrogen) atoms. The highest BCUT2D eigenvalue weighted by Crippen LogP contribution is 2.34. The van der Waals surface area contributed by atoms with Gasteiger partial charge in [0.1, 0.15) is 0 Å². The summed E-state index contributed by atoms with van der Waals surface area (Å²) in [6, 6.07) is 4.88. The van der Waals surface area contributed by atoms with E-state index in [0.29, 0.717) is 6.42 Å². The van der Waals surface area contributed by atoms with Gasteiger partial charge in [-0.2, -0.15) is 13.2 Å². The van der Waals surface area contributed by atoms with Gasteiger partial charge in [0.05, 0.1) is 5.56 Å². The van der Waals surface area contributed by atoms with Crippen LogP contribution in [0.5, 0.6) is 0 Å². The lowest BCUT2D eigenvalue weighted by molar-refractivity contribution is -0.138. The van der Waals surface area contributed by atoms with Gasteiger partial charge >= 0.3 is 6.18 Å². The van der Waals surface area contributed by atoms with E-state index in [9.17, 15) is 13.2 Å². The van der Waals surface area contributed by atoms with Crippen LogP contribution in [0.15, 0.2) is 24.3 Å². The average molecular weight is 203 g/mol. The molecule has 0 radical (unpaired) electrons. The zero-order valence-corrected chi connectivity index (χ0v) is 7.81. The monoisotopic (exact) mass is 203 g/mol. The van der Waals surface area contributed by atoms with Crippen LogP contribution in [0.25, 0.3) is 0 Å². The molecular formula is C10H12F3N. The summed E-state index contributed by atoms with van der Waals surface area (Å²) in [6.07, 6.45) is -3.82. The molecule has 0 bridgehead atoms. The highest BCUT2D eigenvalue weighted by molar-refractivity contribution is 5.31. The van der Waals surface area contributed by atoms with E-state index in [-0.39, 0.29) is 5.56 Å². The molecule has 0 heterocycles. The minimum Gasteiger partial charge on any atom is -0.324 e. The zero-order chi connectivity index (χ0) is 10.8. The number of nitrogens with two attached hydrogens (primary N) is 1. The number of hydrogen-bond acceptors (Lipinski definition) is 1. The first kappa shape index (κ1) is 11.0. The van der Waals surface area contributed by atoms with Gasteiger partial charge in [-0.3, -0.25) is 0 Å². The van der Waals surface area contributed by atoms with Crippen molar-refractivity contribution in [2.75, 3.05) is 0 Å². The molecule has 0 fully saturated rings. The molecule has 1 aromatic carbocycles. The summed E-state index contributed by atoms with van der Waals surface area (Å²) >= 11 is 0. The van der Waals surface area contributed by atoms with Gasteiger partial charge in [0.25, 0.3) is 0 Å². The van der Waals surface area contributed by atoms with Gasteiger partial charge in [-0.05, 0) is 18.1 Å². The Morgan fingerprint density at radius 1 is 1.29 bits per heavy atom. The molecule has 0 aliphatic rings. The number of benzene rings is 1. The molecule has 2 N–H and O–H groups in total. The van der Waals surface area contributed by atoms with E-state index in [2.05, 4.69) is 0 Å². The molecule has 0 spiro atoms. The van der Waals surface area contributed by atoms with Crippen molar-refractivity contribution >= 4 is 0 Å². The van der Waals surface area contributed by atoms with Crippen LogP contribution in [0.3, 0.4) is 0 Å². The van der Waals surface area contributed by atoms with Gasteiger partial charge in [-0.25, -0.2) is 0 Å². The van der Waals surface area contributed by atoms with Crippen LogP contribution in [-0.4, -0.2) is 0 Å². The lowest BCUT2D eigenvalue weighted by atomic mass is 9.99. The largest absolute Gasteiger partial charge is 0.416 e. The van der Waals surface area contributed by atoms with Crippen molar-refractivity contribution in [1.82, 2.24) is 0 Å². The summed E-state index contributed by atoms with van der Waals surface area (Å²) in [5.74, 6) is 0. The summed E-state index contributed by atoms with van der Waals surface area (Å²) in [7, 11) is 0. The maximum Gasteiger partial charge on any atom is 0.416 e. The van der Waals surface area contributed by atoms with Gasteiger partial charge < -0.3 is 5.73 Å². The topological polar surface area (TPSA) is 26.0 Å². The molecule has 0 unspecified atom stereocenters. The maximum atomic E-state index is 12.5. The summed E-state index contributed by atoms with van der Waals surface area (Å²) in [5.41, 5.74) is 5.13. The number of rotatable bonds is 2. The van der Waals surface area contributed by atoms with E-state index in [1.165, 1.54) is 12.1 Å². The van der Waals surface area contributed by atoms with Gasteiger partial charge in [0.15, 0.2) is 0 Å². The SMILES string of the molecule is CC[C@H](N)c1ccccc1C(F)(F)F. The van der Waals surface area contributed by atoms with E-state index in [0.717, 1.165) is 6.07 Å². The van der Waals surface area contributed by atoms with Crippen LogP contribution < -0.4 is 5.73 Å². The van der Waals surface area contributed by atoms with Crippen molar-refractivity contribution < 1.29 is 13.2 Å². The second kappa shape index (κ2) is 4.00. The third kappa shape index (κ3) is 2.26. The third-order valence-corrected chi connectivity index (χ3v) is 2.11. The Bertz CT molecular complexity index is 306. The molecule has 1 aromatic rings. The van der Waals surface area contributed by atoms with E-state index >= 15 is 0 Å². The molecule has 0 amide bonds. The van der Waals surface area contributed by atoms with Gasteiger partial charge in [0.2, 0.25) is 0 Å². The first-order chi connectivity index (χ1) is 6.46. The summed E-state index contributed by atoms with van der Waals surface area (Å²) in [4.78, 5) is 0. The van der Waals surface area contributed by atoms with E-state index in [4.69, 9.17) is 5.73 Å². The smallest absolute Gasteiger partial charge is 0.324 e. The van der Waals surface area contributed by atoms with Crippen LogP contribution in [-0.2, 0) is 6.18 Å². The lowest BCUT2D eigenvalue weighted by Gasteiger charge is -2.16. The normalized spacial score (nSPS) is 14.1. The first-order valence-corrected chi connectivity index (χ1v) is 4.38. The van der Waals surface area contributed by atoms with Crippen molar-refractivity contribution in [3.8, 4) is 0 Å². The van der Waals surface area contributed by atoms with Crippen LogP contribution in [0.2, 0.25) is 0 Å². The fourth-order valence-corrected chi connectivity index (χ4v) is 1.30. The summed E-state index contributed by atoms with van der Waals surface area (Å²) in [5, 5.41) is 0. The van der Waals surface area contributed by atoms with Gasteiger partial charge in [-0.1, -0.05) is 25.1 Å². The predicted octanol–water partition coefficient (Wildman–Crippen LogP) is 3.12. The molecule has 0 aromatic heterocycles. The van der Waals surface area contributed by atoms with Gasteiger partial charge in [0, 0.05) is 6.04 Å². The standard InChI is InChI=1S/C10H12F3N/c1-2-9(14)7-5-3-4-6-8(7)10(11,12)13/h3-6,9H,2,14H2,1H3/t9-/m0/s1. The zero-order valence-electron chi connectivity index (χ0n) is 7.81. The molecule has 1 nitrogen and oxygen atoms in total. The quantitative estimate of drug-likeness (QED) is 0.785. The Morgan fingerprint density at radius 3 is 2.36 bits per heavy atom. The molecule has 1 rings (SSSR count). The van der Waals surface area contributed by atoms with Crippen molar-refractivity contribution in [1.29, 1.82) is 0 Å². The summed E-state index contributed by atoms with van der Waals surface area (Å²) < 4.78 is 37.5. The van der Waals surface area contributed by atoms with Crippen molar-refractivity contribution in [2.45, 2.75) is 25.6 Å². The maximum absolute atomic E-state index is 12.5. The van der Waals surface area contributed by atoms with Crippen LogP contribution in [0.1, 0.15) is 30.5 Å². The van der Waals surface area contributed by atoms with Gasteiger partial charge in [-0.15, -0.1) is 0 Å². The minimum atomic E-state index is -4.32. The van der Waals surface area contributed by atoms with Crippen LogP contribution in [0, 0.1) is 0 Å².